The summed E-state index contributed by atoms with van der Waals surface area (Å²) in [7, 11) is 9.10. The molecule has 2 aliphatic rings. The first-order valence-electron chi connectivity index (χ1n) is 11.8. The number of Topliss-reactive ketones (excluding diaryl/α,β-unsaturated/α-hetero) is 1. The minimum atomic E-state index is -0.758. The van der Waals surface area contributed by atoms with Crippen LogP contribution in [0.2, 0.25) is 0 Å². The van der Waals surface area contributed by atoms with Gasteiger partial charge in [-0.1, -0.05) is 0 Å². The quantitative estimate of drug-likeness (QED) is 0.544. The lowest BCUT2D eigenvalue weighted by Gasteiger charge is -2.34. The van der Waals surface area contributed by atoms with Crippen LogP contribution >= 0.6 is 0 Å². The number of carbonyl (C=O) groups is 1. The van der Waals surface area contributed by atoms with Crippen molar-refractivity contribution in [2.24, 2.45) is 5.73 Å². The molecule has 200 valence electrons. The predicted molar refractivity (Wildman–Crippen MR) is 137 cm³/mol. The van der Waals surface area contributed by atoms with E-state index in [9.17, 15) is 10.1 Å². The van der Waals surface area contributed by atoms with Crippen LogP contribution in [0.25, 0.3) is 0 Å². The second-order valence-corrected chi connectivity index (χ2v) is 8.71. The molecule has 0 aromatic heterocycles. The summed E-state index contributed by atoms with van der Waals surface area (Å²) < 4.78 is 38.8. The second kappa shape index (κ2) is 10.8. The van der Waals surface area contributed by atoms with Crippen LogP contribution in [0.3, 0.4) is 0 Å². The van der Waals surface area contributed by atoms with E-state index in [1.54, 1.807) is 12.1 Å². The van der Waals surface area contributed by atoms with Crippen LogP contribution in [0.15, 0.2) is 47.1 Å². The number of hydrogen-bond acceptors (Lipinski definition) is 10. The van der Waals surface area contributed by atoms with E-state index in [0.717, 1.165) is 5.56 Å². The van der Waals surface area contributed by atoms with Crippen LogP contribution in [-0.4, -0.2) is 48.4 Å². The number of allylic oxidation sites excluding steroid dienone is 3. The topological polar surface area (TPSA) is 131 Å². The van der Waals surface area contributed by atoms with Crippen molar-refractivity contribution in [1.29, 1.82) is 5.26 Å². The molecule has 10 nitrogen and oxygen atoms in total. The van der Waals surface area contributed by atoms with Crippen LogP contribution in [0.4, 0.5) is 0 Å². The maximum Gasteiger partial charge on any atom is 0.205 e. The zero-order valence-electron chi connectivity index (χ0n) is 22.2. The van der Waals surface area contributed by atoms with Crippen molar-refractivity contribution in [2.75, 3.05) is 42.7 Å². The van der Waals surface area contributed by atoms with Gasteiger partial charge in [-0.25, -0.2) is 0 Å². The molecule has 1 aliphatic carbocycles. The summed E-state index contributed by atoms with van der Waals surface area (Å²) in [5, 5.41) is 9.99. The minimum Gasteiger partial charge on any atom is -0.493 e. The van der Waals surface area contributed by atoms with E-state index in [4.69, 9.17) is 38.9 Å². The van der Waals surface area contributed by atoms with Crippen molar-refractivity contribution in [1.82, 2.24) is 0 Å². The zero-order chi connectivity index (χ0) is 27.6. The SMILES string of the molecule is COc1cc([C@@H]2CC(=O)C3=C(C2)OC(N)=C(C#N)[C@H]3c2cc(OC)c(OC)c(OC)c2)cc(OC)c1OC. The average Bonchev–Trinajstić information content (AvgIpc) is 2.94. The van der Waals surface area contributed by atoms with Gasteiger partial charge < -0.3 is 38.9 Å². The van der Waals surface area contributed by atoms with Crippen LogP contribution in [0, 0.1) is 11.3 Å². The van der Waals surface area contributed by atoms with Gasteiger partial charge in [-0.15, -0.1) is 0 Å². The van der Waals surface area contributed by atoms with E-state index < -0.39 is 5.92 Å². The number of nitrogens with zero attached hydrogens (tertiary/aromatic N) is 1. The van der Waals surface area contributed by atoms with Gasteiger partial charge in [0.15, 0.2) is 28.8 Å². The van der Waals surface area contributed by atoms with Crippen molar-refractivity contribution in [3.8, 4) is 40.6 Å². The third-order valence-electron chi connectivity index (χ3n) is 6.84. The Balaban J connectivity index is 1.83. The number of methoxy groups -OCH3 is 6. The van der Waals surface area contributed by atoms with E-state index >= 15 is 0 Å². The molecule has 1 heterocycles. The molecule has 1 aliphatic heterocycles. The number of ether oxygens (including phenoxy) is 7. The number of benzene rings is 2. The number of nitrogens with two attached hydrogens (primary N) is 1. The van der Waals surface area contributed by atoms with E-state index in [2.05, 4.69) is 6.07 Å². The maximum atomic E-state index is 13.7. The normalized spacial score (nSPS) is 18.7. The van der Waals surface area contributed by atoms with Crippen molar-refractivity contribution < 1.29 is 38.0 Å². The lowest BCUT2D eigenvalue weighted by molar-refractivity contribution is -0.117. The predicted octanol–water partition coefficient (Wildman–Crippen LogP) is 3.95. The Morgan fingerprint density at radius 3 is 1.68 bits per heavy atom. The first-order chi connectivity index (χ1) is 18.3. The van der Waals surface area contributed by atoms with Gasteiger partial charge in [-0.05, 0) is 41.3 Å². The van der Waals surface area contributed by atoms with Gasteiger partial charge in [-0.3, -0.25) is 4.79 Å². The summed E-state index contributed by atoms with van der Waals surface area (Å²) in [4.78, 5) is 13.7. The smallest absolute Gasteiger partial charge is 0.205 e. The Kier molecular flexibility index (Phi) is 7.57. The fourth-order valence-corrected chi connectivity index (χ4v) is 5.08. The maximum absolute atomic E-state index is 13.7. The van der Waals surface area contributed by atoms with Crippen molar-refractivity contribution in [2.45, 2.75) is 24.7 Å². The lowest BCUT2D eigenvalue weighted by Crippen LogP contribution is -2.30. The molecule has 0 bridgehead atoms. The van der Waals surface area contributed by atoms with E-state index in [0.29, 0.717) is 57.8 Å². The molecule has 2 atom stereocenters. The largest absolute Gasteiger partial charge is 0.493 e. The van der Waals surface area contributed by atoms with E-state index in [-0.39, 0.29) is 29.6 Å². The number of nitriles is 1. The molecule has 0 unspecified atom stereocenters. The Hall–Kier alpha value is -4.52. The first-order valence-corrected chi connectivity index (χ1v) is 11.8. The summed E-state index contributed by atoms with van der Waals surface area (Å²) in [6.45, 7) is 0. The molecule has 0 fully saturated rings. The molecule has 0 radical (unpaired) electrons. The summed E-state index contributed by atoms with van der Waals surface area (Å²) >= 11 is 0. The molecule has 2 aromatic carbocycles. The van der Waals surface area contributed by atoms with Crippen LogP contribution in [0.1, 0.15) is 35.8 Å². The summed E-state index contributed by atoms with van der Waals surface area (Å²) in [6, 6.07) is 9.20. The van der Waals surface area contributed by atoms with Crippen molar-refractivity contribution >= 4 is 5.78 Å². The van der Waals surface area contributed by atoms with Crippen LogP contribution in [0.5, 0.6) is 34.5 Å². The van der Waals surface area contributed by atoms with Gasteiger partial charge in [0.05, 0.1) is 48.6 Å². The average molecular weight is 523 g/mol. The monoisotopic (exact) mass is 522 g/mol. The highest BCUT2D eigenvalue weighted by atomic mass is 16.5. The van der Waals surface area contributed by atoms with Gasteiger partial charge in [0.2, 0.25) is 17.4 Å². The number of hydrogen-bond donors (Lipinski definition) is 1. The first kappa shape index (κ1) is 26.5. The second-order valence-electron chi connectivity index (χ2n) is 8.71. The minimum absolute atomic E-state index is 0.0525. The molecule has 38 heavy (non-hydrogen) atoms. The summed E-state index contributed by atoms with van der Waals surface area (Å²) in [5.41, 5.74) is 8.16. The Morgan fingerprint density at radius 1 is 0.789 bits per heavy atom. The number of rotatable bonds is 8. The highest BCUT2D eigenvalue weighted by Crippen LogP contribution is 2.50. The highest BCUT2D eigenvalue weighted by Gasteiger charge is 2.42. The van der Waals surface area contributed by atoms with Gasteiger partial charge in [-0.2, -0.15) is 5.26 Å². The molecule has 2 N–H and O–H groups in total. The molecule has 0 spiro atoms. The fourth-order valence-electron chi connectivity index (χ4n) is 5.08. The Morgan fingerprint density at radius 2 is 1.26 bits per heavy atom. The van der Waals surface area contributed by atoms with Crippen molar-refractivity contribution in [3.05, 3.63) is 58.2 Å². The van der Waals surface area contributed by atoms with Gasteiger partial charge in [0.25, 0.3) is 0 Å². The van der Waals surface area contributed by atoms with Crippen molar-refractivity contribution in [3.63, 3.8) is 0 Å². The molecule has 2 aromatic rings. The van der Waals surface area contributed by atoms with Crippen LogP contribution < -0.4 is 34.2 Å². The Labute approximate surface area is 221 Å². The molecule has 0 saturated carbocycles. The molecular weight excluding hydrogens is 492 g/mol. The molecule has 0 saturated heterocycles. The third-order valence-corrected chi connectivity index (χ3v) is 6.84. The number of ketones is 1. The zero-order valence-corrected chi connectivity index (χ0v) is 22.2. The van der Waals surface area contributed by atoms with Gasteiger partial charge in [0.1, 0.15) is 17.4 Å². The number of carbonyl (C=O) groups excluding carboxylic acids is 1. The third kappa shape index (κ3) is 4.41. The van der Waals surface area contributed by atoms with E-state index in [1.165, 1.54) is 42.7 Å². The molecule has 10 heteroatoms. The summed E-state index contributed by atoms with van der Waals surface area (Å²) in [5.74, 6) is 1.81. The standard InChI is InChI=1S/C28H30N2O8/c1-32-20-9-15(10-21(33-2)26(20)36-5)14-7-18(31)25-19(8-14)38-28(30)17(13-29)24(25)16-11-22(34-3)27(37-6)23(12-16)35-4/h9-12,14,24H,7-8,30H2,1-6H3/t14-,24-/m1/s1. The molecular formula is C28H30N2O8. The van der Waals surface area contributed by atoms with Gasteiger partial charge in [0, 0.05) is 18.4 Å². The van der Waals surface area contributed by atoms with Crippen LogP contribution in [-0.2, 0) is 9.53 Å². The van der Waals surface area contributed by atoms with Gasteiger partial charge >= 0.3 is 0 Å². The fraction of sp³-hybridized carbons (Fsp3) is 0.357. The molecule has 0 amide bonds. The highest BCUT2D eigenvalue weighted by molar-refractivity contribution is 6.00. The Bertz CT molecular complexity index is 1320. The summed E-state index contributed by atoms with van der Waals surface area (Å²) in [6.07, 6.45) is 0.556. The lowest BCUT2D eigenvalue weighted by atomic mass is 9.73. The molecule has 4 rings (SSSR count). The van der Waals surface area contributed by atoms with E-state index in [1.807, 2.05) is 12.1 Å².